The number of hydrogen-bond donors (Lipinski definition) is 0. The van der Waals surface area contributed by atoms with Gasteiger partial charge in [0.15, 0.2) is 0 Å². The van der Waals surface area contributed by atoms with E-state index in [-0.39, 0.29) is 0 Å². The van der Waals surface area contributed by atoms with E-state index in [9.17, 15) is 0 Å². The molecule has 2 fully saturated rings. The Bertz CT molecular complexity index is 540. The molecule has 0 radical (unpaired) electrons. The molecule has 0 spiro atoms. The maximum absolute atomic E-state index is 6.11. The summed E-state index contributed by atoms with van der Waals surface area (Å²) in [4.78, 5) is 0. The zero-order valence-electron chi connectivity index (χ0n) is 19.3. The minimum atomic E-state index is 0.780. The second kappa shape index (κ2) is 12.7. The molecule has 0 saturated heterocycles. The van der Waals surface area contributed by atoms with E-state index in [0.717, 1.165) is 36.0 Å². The third kappa shape index (κ3) is 7.34. The van der Waals surface area contributed by atoms with E-state index in [1.165, 1.54) is 102 Å². The molecule has 2 unspecified atom stereocenters. The molecular formula is C28H46O. The zero-order chi connectivity index (χ0) is 20.3. The van der Waals surface area contributed by atoms with Crippen molar-refractivity contribution in [3.8, 4) is 5.75 Å². The molecule has 2 aliphatic carbocycles. The van der Waals surface area contributed by atoms with Crippen molar-refractivity contribution in [2.75, 3.05) is 6.61 Å². The van der Waals surface area contributed by atoms with Crippen LogP contribution in [0.25, 0.3) is 0 Å². The molecule has 1 aromatic carbocycles. The zero-order valence-corrected chi connectivity index (χ0v) is 19.3. The van der Waals surface area contributed by atoms with Crippen LogP contribution >= 0.6 is 0 Å². The van der Waals surface area contributed by atoms with Gasteiger partial charge in [-0.25, -0.2) is 0 Å². The quantitative estimate of drug-likeness (QED) is 0.338. The average Bonchev–Trinajstić information content (AvgIpc) is 2.78. The summed E-state index contributed by atoms with van der Waals surface area (Å²) in [5.74, 6) is 4.79. The highest BCUT2D eigenvalue weighted by molar-refractivity contribution is 5.29. The van der Waals surface area contributed by atoms with Crippen molar-refractivity contribution >= 4 is 0 Å². The Morgan fingerprint density at radius 3 is 2.03 bits per heavy atom. The Balaban J connectivity index is 1.35. The summed E-state index contributed by atoms with van der Waals surface area (Å²) in [5.41, 5.74) is 1.53. The van der Waals surface area contributed by atoms with Crippen LogP contribution in [0.15, 0.2) is 24.3 Å². The van der Waals surface area contributed by atoms with Crippen molar-refractivity contribution in [2.45, 2.75) is 116 Å². The molecule has 0 bridgehead atoms. The predicted molar refractivity (Wildman–Crippen MR) is 126 cm³/mol. The van der Waals surface area contributed by atoms with Crippen LogP contribution in [0.5, 0.6) is 5.75 Å². The molecule has 1 heteroatoms. The maximum atomic E-state index is 6.11. The Morgan fingerprint density at radius 1 is 0.759 bits per heavy atom. The van der Waals surface area contributed by atoms with Gasteiger partial charge in [0.2, 0.25) is 0 Å². The van der Waals surface area contributed by atoms with E-state index in [2.05, 4.69) is 38.1 Å². The fourth-order valence-corrected chi connectivity index (χ4v) is 5.98. The van der Waals surface area contributed by atoms with Crippen LogP contribution in [0, 0.1) is 17.8 Å². The second-order valence-electron chi connectivity index (χ2n) is 9.99. The summed E-state index contributed by atoms with van der Waals surface area (Å²) in [6.45, 7) is 5.55. The van der Waals surface area contributed by atoms with Crippen LogP contribution < -0.4 is 4.74 Å². The lowest BCUT2D eigenvalue weighted by atomic mass is 9.74. The summed E-state index contributed by atoms with van der Waals surface area (Å²) in [6.07, 6.45) is 21.1. The van der Waals surface area contributed by atoms with Crippen molar-refractivity contribution < 1.29 is 4.74 Å². The normalized spacial score (nSPS) is 27.7. The number of hydrogen-bond acceptors (Lipinski definition) is 1. The predicted octanol–water partition coefficient (Wildman–Crippen LogP) is 8.92. The first kappa shape index (κ1) is 22.7. The molecule has 0 N–H and O–H groups in total. The van der Waals surface area contributed by atoms with Crippen LogP contribution in [-0.2, 0) is 0 Å². The monoisotopic (exact) mass is 398 g/mol. The van der Waals surface area contributed by atoms with Crippen molar-refractivity contribution in [3.05, 3.63) is 29.8 Å². The molecule has 1 aromatic rings. The molecule has 2 aliphatic rings. The first-order valence-corrected chi connectivity index (χ1v) is 13.0. The second-order valence-corrected chi connectivity index (χ2v) is 9.99. The van der Waals surface area contributed by atoms with E-state index in [1.807, 2.05) is 0 Å². The number of ether oxygens (including phenoxy) is 1. The summed E-state index contributed by atoms with van der Waals surface area (Å²) in [6, 6.07) is 9.10. The van der Waals surface area contributed by atoms with Crippen LogP contribution in [0.4, 0.5) is 0 Å². The molecule has 164 valence electrons. The lowest BCUT2D eigenvalue weighted by Crippen LogP contribution is -2.20. The van der Waals surface area contributed by atoms with Crippen LogP contribution in [-0.4, -0.2) is 6.61 Å². The molecule has 29 heavy (non-hydrogen) atoms. The first-order chi connectivity index (χ1) is 14.3. The van der Waals surface area contributed by atoms with Crippen molar-refractivity contribution in [2.24, 2.45) is 17.8 Å². The van der Waals surface area contributed by atoms with Gasteiger partial charge in [-0.1, -0.05) is 83.8 Å². The van der Waals surface area contributed by atoms with Crippen LogP contribution in [0.3, 0.4) is 0 Å². The van der Waals surface area contributed by atoms with Crippen LogP contribution in [0.2, 0.25) is 0 Å². The van der Waals surface area contributed by atoms with Crippen molar-refractivity contribution in [1.29, 1.82) is 0 Å². The van der Waals surface area contributed by atoms with E-state index in [4.69, 9.17) is 4.74 Å². The number of benzene rings is 1. The standard InChI is InChI=1S/C28H46O/c1-3-5-6-10-24-11-7-8-12-25(24)13-9-22-29-28-20-18-27(19-21-28)26-16-14-23(4-2)15-17-26/h18-21,23-26H,3-17,22H2,1-2H3. The van der Waals surface area contributed by atoms with Gasteiger partial charge in [-0.05, 0) is 79.9 Å². The Labute approximate surface area is 181 Å². The van der Waals surface area contributed by atoms with Gasteiger partial charge in [0.1, 0.15) is 5.75 Å². The summed E-state index contributed by atoms with van der Waals surface area (Å²) in [5, 5.41) is 0. The highest BCUT2D eigenvalue weighted by atomic mass is 16.5. The third-order valence-electron chi connectivity index (χ3n) is 8.01. The van der Waals surface area contributed by atoms with Crippen LogP contribution in [0.1, 0.15) is 122 Å². The first-order valence-electron chi connectivity index (χ1n) is 13.0. The molecule has 0 aliphatic heterocycles. The Morgan fingerprint density at radius 2 is 1.41 bits per heavy atom. The number of unbranched alkanes of at least 4 members (excludes halogenated alkanes) is 2. The SMILES string of the molecule is CCCCCC1CCCCC1CCCOc1ccc(C2CCC(CC)CC2)cc1. The summed E-state index contributed by atoms with van der Waals surface area (Å²) in [7, 11) is 0. The van der Waals surface area contributed by atoms with Gasteiger partial charge in [0.05, 0.1) is 6.61 Å². The van der Waals surface area contributed by atoms with Gasteiger partial charge in [0, 0.05) is 0 Å². The summed E-state index contributed by atoms with van der Waals surface area (Å²) >= 11 is 0. The van der Waals surface area contributed by atoms with Gasteiger partial charge < -0.3 is 4.74 Å². The average molecular weight is 399 g/mol. The van der Waals surface area contributed by atoms with E-state index >= 15 is 0 Å². The highest BCUT2D eigenvalue weighted by Crippen LogP contribution is 2.38. The molecule has 0 heterocycles. The smallest absolute Gasteiger partial charge is 0.119 e. The Hall–Kier alpha value is -0.980. The van der Waals surface area contributed by atoms with Gasteiger partial charge in [-0.2, -0.15) is 0 Å². The molecule has 3 rings (SSSR count). The van der Waals surface area contributed by atoms with E-state index < -0.39 is 0 Å². The lowest BCUT2D eigenvalue weighted by Gasteiger charge is -2.31. The van der Waals surface area contributed by atoms with Crippen molar-refractivity contribution in [3.63, 3.8) is 0 Å². The third-order valence-corrected chi connectivity index (χ3v) is 8.01. The number of rotatable bonds is 11. The minimum absolute atomic E-state index is 0.780. The molecule has 1 nitrogen and oxygen atoms in total. The highest BCUT2D eigenvalue weighted by Gasteiger charge is 2.24. The maximum Gasteiger partial charge on any atom is 0.119 e. The molecule has 2 saturated carbocycles. The minimum Gasteiger partial charge on any atom is -0.494 e. The topological polar surface area (TPSA) is 9.23 Å². The van der Waals surface area contributed by atoms with Gasteiger partial charge in [0.25, 0.3) is 0 Å². The molecule has 0 aromatic heterocycles. The summed E-state index contributed by atoms with van der Waals surface area (Å²) < 4.78 is 6.11. The molecular weight excluding hydrogens is 352 g/mol. The van der Waals surface area contributed by atoms with Gasteiger partial charge in [-0.15, -0.1) is 0 Å². The van der Waals surface area contributed by atoms with E-state index in [0.29, 0.717) is 0 Å². The fourth-order valence-electron chi connectivity index (χ4n) is 5.98. The lowest BCUT2D eigenvalue weighted by molar-refractivity contribution is 0.190. The fraction of sp³-hybridized carbons (Fsp3) is 0.786. The largest absolute Gasteiger partial charge is 0.494 e. The Kier molecular flexibility index (Phi) is 9.91. The van der Waals surface area contributed by atoms with E-state index in [1.54, 1.807) is 0 Å². The van der Waals surface area contributed by atoms with Gasteiger partial charge >= 0.3 is 0 Å². The van der Waals surface area contributed by atoms with Crippen molar-refractivity contribution in [1.82, 2.24) is 0 Å². The van der Waals surface area contributed by atoms with Gasteiger partial charge in [-0.3, -0.25) is 0 Å². The molecule has 0 amide bonds. The molecule has 2 atom stereocenters.